The van der Waals surface area contributed by atoms with Crippen LogP contribution in [-0.2, 0) is 4.79 Å². The summed E-state index contributed by atoms with van der Waals surface area (Å²) in [5.74, 6) is 0.684. The summed E-state index contributed by atoms with van der Waals surface area (Å²) in [6.45, 7) is 2.20. The summed E-state index contributed by atoms with van der Waals surface area (Å²) >= 11 is 1.46. The Bertz CT molecular complexity index is 497. The fraction of sp³-hybridized carbons (Fsp3) is 0.533. The molecule has 114 valence electrons. The van der Waals surface area contributed by atoms with Crippen LogP contribution in [0, 0.1) is 0 Å². The van der Waals surface area contributed by atoms with Gasteiger partial charge in [0.25, 0.3) is 0 Å². The Morgan fingerprint density at radius 2 is 2.24 bits per heavy atom. The van der Waals surface area contributed by atoms with Gasteiger partial charge in [-0.05, 0) is 18.6 Å². The molecule has 21 heavy (non-hydrogen) atoms. The number of carbonyl (C=O) groups is 1. The molecule has 0 saturated carbocycles. The largest absolute Gasteiger partial charge is 0.463 e. The maximum absolute atomic E-state index is 11.8. The van der Waals surface area contributed by atoms with Crippen molar-refractivity contribution in [3.05, 3.63) is 24.2 Å². The van der Waals surface area contributed by atoms with Crippen LogP contribution in [0.3, 0.4) is 0 Å². The molecule has 1 atom stereocenters. The number of carbonyl (C=O) groups excluding carboxylic acids is 1. The Labute approximate surface area is 129 Å². The van der Waals surface area contributed by atoms with E-state index in [-0.39, 0.29) is 11.2 Å². The highest BCUT2D eigenvalue weighted by Crippen LogP contribution is 2.24. The van der Waals surface area contributed by atoms with E-state index >= 15 is 0 Å². The minimum absolute atomic E-state index is 0.0239. The van der Waals surface area contributed by atoms with Crippen molar-refractivity contribution >= 4 is 29.1 Å². The van der Waals surface area contributed by atoms with E-state index in [0.717, 1.165) is 12.8 Å². The highest BCUT2D eigenvalue weighted by molar-refractivity contribution is 8.15. The van der Waals surface area contributed by atoms with E-state index in [1.807, 2.05) is 0 Å². The third-order valence-electron chi connectivity index (χ3n) is 3.22. The van der Waals surface area contributed by atoms with Gasteiger partial charge in [-0.25, -0.2) is 0 Å². The average molecular weight is 307 g/mol. The van der Waals surface area contributed by atoms with Crippen LogP contribution in [-0.4, -0.2) is 22.5 Å². The highest BCUT2D eigenvalue weighted by atomic mass is 32.2. The normalized spacial score (nSPS) is 20.5. The van der Waals surface area contributed by atoms with Gasteiger partial charge in [0.2, 0.25) is 5.91 Å². The Kier molecular flexibility index (Phi) is 6.53. The van der Waals surface area contributed by atoms with Crippen LogP contribution in [0.5, 0.6) is 0 Å². The number of thioether (sulfide) groups is 1. The lowest BCUT2D eigenvalue weighted by Crippen LogP contribution is -2.24. The van der Waals surface area contributed by atoms with E-state index < -0.39 is 0 Å². The molecule has 0 radical (unpaired) electrons. The van der Waals surface area contributed by atoms with Gasteiger partial charge < -0.3 is 9.73 Å². The molecule has 2 rings (SSSR count). The summed E-state index contributed by atoms with van der Waals surface area (Å²) < 4.78 is 5.11. The van der Waals surface area contributed by atoms with Crippen molar-refractivity contribution < 1.29 is 9.21 Å². The van der Waals surface area contributed by atoms with E-state index in [9.17, 15) is 4.79 Å². The third-order valence-corrected chi connectivity index (χ3v) is 4.36. The van der Waals surface area contributed by atoms with Crippen molar-refractivity contribution in [2.24, 2.45) is 10.2 Å². The number of hydrogen-bond donors (Lipinski definition) is 1. The first-order valence-electron chi connectivity index (χ1n) is 7.41. The first kappa shape index (κ1) is 15.8. The second kappa shape index (κ2) is 8.67. The van der Waals surface area contributed by atoms with Gasteiger partial charge >= 0.3 is 0 Å². The summed E-state index contributed by atoms with van der Waals surface area (Å²) in [7, 11) is 0. The van der Waals surface area contributed by atoms with E-state index in [2.05, 4.69) is 22.4 Å². The molecule has 0 spiro atoms. The predicted molar refractivity (Wildman–Crippen MR) is 86.6 cm³/mol. The molecule has 0 aromatic carbocycles. The zero-order chi connectivity index (χ0) is 14.9. The Morgan fingerprint density at radius 1 is 1.38 bits per heavy atom. The maximum Gasteiger partial charge on any atom is 0.239 e. The van der Waals surface area contributed by atoms with Gasteiger partial charge in [0.05, 0.1) is 17.7 Å². The van der Waals surface area contributed by atoms with Gasteiger partial charge in [0, 0.05) is 0 Å². The van der Waals surface area contributed by atoms with Crippen molar-refractivity contribution in [1.82, 2.24) is 5.32 Å². The minimum Gasteiger partial charge on any atom is -0.463 e. The van der Waals surface area contributed by atoms with Crippen LogP contribution in [0.15, 0.2) is 33.0 Å². The van der Waals surface area contributed by atoms with Gasteiger partial charge in [-0.2, -0.15) is 5.10 Å². The molecule has 0 aliphatic carbocycles. The second-order valence-corrected chi connectivity index (χ2v) is 6.16. The van der Waals surface area contributed by atoms with E-state index in [1.54, 1.807) is 18.4 Å². The molecule has 6 heteroatoms. The minimum atomic E-state index is -0.0239. The van der Waals surface area contributed by atoms with Crippen LogP contribution in [0.4, 0.5) is 0 Å². The molecule has 1 saturated heterocycles. The summed E-state index contributed by atoms with van der Waals surface area (Å²) in [6, 6.07) is 3.58. The number of furan rings is 1. The first-order valence-corrected chi connectivity index (χ1v) is 8.29. The average Bonchev–Trinajstić information content (AvgIpc) is 3.09. The van der Waals surface area contributed by atoms with Gasteiger partial charge in [-0.3, -0.25) is 4.79 Å². The molecule has 1 aliphatic heterocycles. The van der Waals surface area contributed by atoms with Gasteiger partial charge in [0.1, 0.15) is 5.76 Å². The lowest BCUT2D eigenvalue weighted by molar-refractivity contribution is -0.118. The predicted octanol–water partition coefficient (Wildman–Crippen LogP) is 3.56. The summed E-state index contributed by atoms with van der Waals surface area (Å²) in [4.78, 5) is 11.8. The number of nitrogens with one attached hydrogen (secondary N) is 1. The smallest absolute Gasteiger partial charge is 0.239 e. The van der Waals surface area contributed by atoms with Crippen LogP contribution >= 0.6 is 11.8 Å². The van der Waals surface area contributed by atoms with Crippen molar-refractivity contribution in [1.29, 1.82) is 0 Å². The zero-order valence-corrected chi connectivity index (χ0v) is 13.1. The quantitative estimate of drug-likeness (QED) is 0.453. The standard InChI is InChI=1S/C15H21N3O2S/c1-2-3-4-5-6-9-13-14(19)17-15(21-13)18-16-11-12-8-7-10-20-12/h7-8,10-11,13H,2-6,9H2,1H3,(H,17,18,19)/b16-11-/t13-/m0/s1. The molecule has 1 aromatic rings. The molecule has 0 unspecified atom stereocenters. The van der Waals surface area contributed by atoms with Crippen LogP contribution < -0.4 is 5.32 Å². The fourth-order valence-corrected chi connectivity index (χ4v) is 3.05. The topological polar surface area (TPSA) is 67.0 Å². The van der Waals surface area contributed by atoms with Crippen LogP contribution in [0.1, 0.15) is 51.2 Å². The lowest BCUT2D eigenvalue weighted by atomic mass is 10.1. The molecular formula is C15H21N3O2S. The zero-order valence-electron chi connectivity index (χ0n) is 12.2. The molecule has 1 aromatic heterocycles. The molecule has 1 fully saturated rings. The van der Waals surface area contributed by atoms with E-state index in [4.69, 9.17) is 4.42 Å². The van der Waals surface area contributed by atoms with Crippen molar-refractivity contribution in [2.45, 2.75) is 50.7 Å². The molecule has 1 N–H and O–H groups in total. The summed E-state index contributed by atoms with van der Waals surface area (Å²) in [5, 5.41) is 11.2. The van der Waals surface area contributed by atoms with Crippen LogP contribution in [0.2, 0.25) is 0 Å². The molecule has 5 nitrogen and oxygen atoms in total. The number of amides is 1. The molecule has 0 bridgehead atoms. The molecule has 2 heterocycles. The van der Waals surface area contributed by atoms with Gasteiger partial charge in [-0.15, -0.1) is 5.10 Å². The molecule has 1 amide bonds. The number of rotatable bonds is 8. The first-order chi connectivity index (χ1) is 10.3. The molecule has 1 aliphatic rings. The van der Waals surface area contributed by atoms with Crippen molar-refractivity contribution in [3.63, 3.8) is 0 Å². The van der Waals surface area contributed by atoms with Crippen LogP contribution in [0.25, 0.3) is 0 Å². The van der Waals surface area contributed by atoms with Gasteiger partial charge in [0.15, 0.2) is 5.17 Å². The number of nitrogens with zero attached hydrogens (tertiary/aromatic N) is 2. The number of hydrogen-bond acceptors (Lipinski definition) is 5. The number of amidine groups is 1. The molecular weight excluding hydrogens is 286 g/mol. The van der Waals surface area contributed by atoms with Crippen molar-refractivity contribution in [2.75, 3.05) is 0 Å². The van der Waals surface area contributed by atoms with Gasteiger partial charge in [-0.1, -0.05) is 50.8 Å². The lowest BCUT2D eigenvalue weighted by Gasteiger charge is -2.04. The SMILES string of the molecule is CCCCCCC[C@@H]1S/C(=N/N=C\c2ccco2)NC1=O. The Balaban J connectivity index is 1.74. The third kappa shape index (κ3) is 5.38. The maximum atomic E-state index is 11.8. The van der Waals surface area contributed by atoms with Crippen molar-refractivity contribution in [3.8, 4) is 0 Å². The fourth-order valence-electron chi connectivity index (χ4n) is 2.08. The summed E-state index contributed by atoms with van der Waals surface area (Å²) in [6.07, 6.45) is 10.1. The Hall–Kier alpha value is -1.56. The van der Waals surface area contributed by atoms with E-state index in [1.165, 1.54) is 43.7 Å². The Morgan fingerprint density at radius 3 is 3.00 bits per heavy atom. The number of unbranched alkanes of at least 4 members (excludes halogenated alkanes) is 4. The van der Waals surface area contributed by atoms with E-state index in [0.29, 0.717) is 10.9 Å². The monoisotopic (exact) mass is 307 g/mol. The highest BCUT2D eigenvalue weighted by Gasteiger charge is 2.29. The second-order valence-electron chi connectivity index (χ2n) is 4.96. The summed E-state index contributed by atoms with van der Waals surface area (Å²) in [5.41, 5.74) is 0.